The highest BCUT2D eigenvalue weighted by Gasteiger charge is 2.24. The molecule has 0 spiro atoms. The molecule has 3 aromatic carbocycles. The number of halogens is 1. The summed E-state index contributed by atoms with van der Waals surface area (Å²) in [5, 5.41) is 17.7. The number of aromatic amines is 1. The van der Waals surface area contributed by atoms with Crippen LogP contribution < -0.4 is 10.6 Å². The van der Waals surface area contributed by atoms with E-state index >= 15 is 0 Å². The van der Waals surface area contributed by atoms with Gasteiger partial charge in [-0.2, -0.15) is 0 Å². The number of aromatic nitrogens is 1. The topological polar surface area (TPSA) is 117 Å². The number of amides is 2. The van der Waals surface area contributed by atoms with Crippen molar-refractivity contribution in [3.8, 4) is 0 Å². The van der Waals surface area contributed by atoms with Crippen molar-refractivity contribution < 1.29 is 14.5 Å². The Hall–Kier alpha value is -4.17. The molecule has 0 fully saturated rings. The molecule has 33 heavy (non-hydrogen) atoms. The number of para-hydroxylation sites is 1. The van der Waals surface area contributed by atoms with Crippen LogP contribution in [0.5, 0.6) is 0 Å². The molecule has 2 amide bonds. The van der Waals surface area contributed by atoms with Gasteiger partial charge < -0.3 is 15.6 Å². The summed E-state index contributed by atoms with van der Waals surface area (Å²) in [5.74, 6) is -1.01. The molecule has 0 aliphatic heterocycles. The Morgan fingerprint density at radius 2 is 1.79 bits per heavy atom. The van der Waals surface area contributed by atoms with Crippen LogP contribution in [0.1, 0.15) is 15.9 Å². The van der Waals surface area contributed by atoms with Crippen molar-refractivity contribution in [2.45, 2.75) is 12.5 Å². The van der Waals surface area contributed by atoms with Gasteiger partial charge in [0.1, 0.15) is 6.04 Å². The number of carbonyl (C=O) groups is 2. The van der Waals surface area contributed by atoms with Crippen LogP contribution in [0.3, 0.4) is 0 Å². The number of nitrogens with one attached hydrogen (secondary N) is 3. The van der Waals surface area contributed by atoms with E-state index in [4.69, 9.17) is 11.6 Å². The van der Waals surface area contributed by atoms with Crippen LogP contribution in [0.4, 0.5) is 11.4 Å². The van der Waals surface area contributed by atoms with Gasteiger partial charge in [0.2, 0.25) is 5.91 Å². The fourth-order valence-electron chi connectivity index (χ4n) is 3.54. The molecule has 0 unspecified atom stereocenters. The van der Waals surface area contributed by atoms with E-state index in [1.165, 1.54) is 18.2 Å². The summed E-state index contributed by atoms with van der Waals surface area (Å²) in [5.41, 5.74) is 2.09. The third kappa shape index (κ3) is 5.02. The molecule has 166 valence electrons. The summed E-state index contributed by atoms with van der Waals surface area (Å²) in [4.78, 5) is 39.7. The van der Waals surface area contributed by atoms with Crippen LogP contribution in [0, 0.1) is 10.1 Å². The van der Waals surface area contributed by atoms with Gasteiger partial charge in [-0.15, -0.1) is 0 Å². The second-order valence-electron chi connectivity index (χ2n) is 7.37. The average molecular weight is 463 g/mol. The van der Waals surface area contributed by atoms with E-state index in [0.717, 1.165) is 16.5 Å². The molecule has 0 saturated heterocycles. The lowest BCUT2D eigenvalue weighted by Crippen LogP contribution is -2.45. The largest absolute Gasteiger partial charge is 0.361 e. The predicted octanol–water partition coefficient (Wildman–Crippen LogP) is 4.71. The van der Waals surface area contributed by atoms with Crippen molar-refractivity contribution in [2.75, 3.05) is 5.32 Å². The zero-order chi connectivity index (χ0) is 23.4. The normalized spacial score (nSPS) is 11.7. The highest BCUT2D eigenvalue weighted by molar-refractivity contribution is 6.33. The minimum absolute atomic E-state index is 0.152. The number of hydrogen-bond acceptors (Lipinski definition) is 4. The van der Waals surface area contributed by atoms with Crippen molar-refractivity contribution in [1.82, 2.24) is 10.3 Å². The number of benzene rings is 3. The van der Waals surface area contributed by atoms with Crippen molar-refractivity contribution in [1.29, 1.82) is 0 Å². The Balaban J connectivity index is 1.62. The van der Waals surface area contributed by atoms with Crippen molar-refractivity contribution in [3.63, 3.8) is 0 Å². The van der Waals surface area contributed by atoms with Gasteiger partial charge in [0.05, 0.1) is 15.5 Å². The fourth-order valence-corrected chi connectivity index (χ4v) is 3.76. The summed E-state index contributed by atoms with van der Waals surface area (Å²) in [6.07, 6.45) is 1.99. The molecule has 1 atom stereocenters. The first kappa shape index (κ1) is 22.0. The number of non-ortho nitro benzene ring substituents is 1. The Bertz CT molecular complexity index is 1350. The standard InChI is InChI=1S/C24H19ClN4O4/c25-20-10-3-1-9-19(20)23(30)28-22(12-15-14-26-21-11-4-2-8-18(15)21)24(31)27-16-6-5-7-17(13-16)29(32)33/h1-11,13-14,22,26H,12H2,(H,27,31)(H,28,30)/t22-/m0/s1. The number of nitro groups is 1. The number of H-pyrrole nitrogens is 1. The van der Waals surface area contributed by atoms with E-state index in [1.807, 2.05) is 24.3 Å². The van der Waals surface area contributed by atoms with Crippen LogP contribution in [0.25, 0.3) is 10.9 Å². The number of nitrogens with zero attached hydrogens (tertiary/aromatic N) is 1. The molecule has 0 aliphatic carbocycles. The molecule has 4 aromatic rings. The Morgan fingerprint density at radius 3 is 2.58 bits per heavy atom. The number of rotatable bonds is 7. The molecular formula is C24H19ClN4O4. The molecular weight excluding hydrogens is 444 g/mol. The molecule has 0 aliphatic rings. The van der Waals surface area contributed by atoms with Gasteiger partial charge in [-0.3, -0.25) is 19.7 Å². The lowest BCUT2D eigenvalue weighted by molar-refractivity contribution is -0.384. The van der Waals surface area contributed by atoms with Gasteiger partial charge in [-0.1, -0.05) is 48.0 Å². The maximum absolute atomic E-state index is 13.2. The van der Waals surface area contributed by atoms with Crippen LogP contribution in [0.15, 0.2) is 79.0 Å². The number of nitro benzene ring substituents is 1. The highest BCUT2D eigenvalue weighted by Crippen LogP contribution is 2.22. The molecule has 1 aromatic heterocycles. The van der Waals surface area contributed by atoms with Crippen molar-refractivity contribution in [2.24, 2.45) is 0 Å². The molecule has 4 rings (SSSR count). The molecule has 9 heteroatoms. The number of hydrogen-bond donors (Lipinski definition) is 3. The summed E-state index contributed by atoms with van der Waals surface area (Å²) in [6.45, 7) is 0. The van der Waals surface area contributed by atoms with Crippen LogP contribution in [-0.2, 0) is 11.2 Å². The average Bonchev–Trinajstić information content (AvgIpc) is 3.22. The lowest BCUT2D eigenvalue weighted by atomic mass is 10.0. The fraction of sp³-hybridized carbons (Fsp3) is 0.0833. The second-order valence-corrected chi connectivity index (χ2v) is 7.77. The van der Waals surface area contributed by atoms with Crippen LogP contribution >= 0.6 is 11.6 Å². The molecule has 3 N–H and O–H groups in total. The Labute approximate surface area is 193 Å². The van der Waals surface area contributed by atoms with Crippen LogP contribution in [-0.4, -0.2) is 27.8 Å². The highest BCUT2D eigenvalue weighted by atomic mass is 35.5. The molecule has 1 heterocycles. The van der Waals surface area contributed by atoms with Gasteiger partial charge in [-0.25, -0.2) is 0 Å². The predicted molar refractivity (Wildman–Crippen MR) is 126 cm³/mol. The van der Waals surface area contributed by atoms with E-state index < -0.39 is 22.8 Å². The first-order valence-electron chi connectivity index (χ1n) is 10.1. The van der Waals surface area contributed by atoms with E-state index in [1.54, 1.807) is 36.5 Å². The van der Waals surface area contributed by atoms with E-state index in [9.17, 15) is 19.7 Å². The third-order valence-electron chi connectivity index (χ3n) is 5.16. The first-order valence-corrected chi connectivity index (χ1v) is 10.5. The van der Waals surface area contributed by atoms with Crippen molar-refractivity contribution in [3.05, 3.63) is 105 Å². The van der Waals surface area contributed by atoms with Crippen LogP contribution in [0.2, 0.25) is 5.02 Å². The Morgan fingerprint density at radius 1 is 1.03 bits per heavy atom. The van der Waals surface area contributed by atoms with Gasteiger partial charge in [0.15, 0.2) is 0 Å². The zero-order valence-electron chi connectivity index (χ0n) is 17.2. The molecule has 0 saturated carbocycles. The minimum Gasteiger partial charge on any atom is -0.361 e. The third-order valence-corrected chi connectivity index (χ3v) is 5.49. The van der Waals surface area contributed by atoms with E-state index in [0.29, 0.717) is 0 Å². The van der Waals surface area contributed by atoms with Gasteiger partial charge in [-0.05, 0) is 29.8 Å². The number of carbonyl (C=O) groups excluding carboxylic acids is 2. The SMILES string of the molecule is O=C(N[C@@H](Cc1c[nH]c2ccccc12)C(=O)Nc1cccc([N+](=O)[O-])c1)c1ccccc1Cl. The number of fused-ring (bicyclic) bond motifs is 1. The lowest BCUT2D eigenvalue weighted by Gasteiger charge is -2.19. The summed E-state index contributed by atoms with van der Waals surface area (Å²) in [7, 11) is 0. The van der Waals surface area contributed by atoms with Gasteiger partial charge in [0, 0.05) is 41.3 Å². The molecule has 8 nitrogen and oxygen atoms in total. The maximum atomic E-state index is 13.2. The zero-order valence-corrected chi connectivity index (χ0v) is 18.0. The minimum atomic E-state index is -0.966. The second kappa shape index (κ2) is 9.54. The van der Waals surface area contributed by atoms with E-state index in [2.05, 4.69) is 15.6 Å². The number of anilines is 1. The summed E-state index contributed by atoms with van der Waals surface area (Å²) >= 11 is 6.15. The molecule has 0 bridgehead atoms. The maximum Gasteiger partial charge on any atom is 0.271 e. The van der Waals surface area contributed by atoms with Crippen molar-refractivity contribution >= 4 is 45.7 Å². The quantitative estimate of drug-likeness (QED) is 0.272. The monoisotopic (exact) mass is 462 g/mol. The Kier molecular flexibility index (Phi) is 6.37. The summed E-state index contributed by atoms with van der Waals surface area (Å²) in [6, 6.07) is 18.8. The van der Waals surface area contributed by atoms with E-state index in [-0.39, 0.29) is 28.4 Å². The van der Waals surface area contributed by atoms with Gasteiger partial charge >= 0.3 is 0 Å². The first-order chi connectivity index (χ1) is 15.9. The van der Waals surface area contributed by atoms with Gasteiger partial charge in [0.25, 0.3) is 11.6 Å². The summed E-state index contributed by atoms with van der Waals surface area (Å²) < 4.78 is 0. The smallest absolute Gasteiger partial charge is 0.271 e. The molecule has 0 radical (unpaired) electrons.